The van der Waals surface area contributed by atoms with Crippen molar-refractivity contribution in [2.45, 2.75) is 38.3 Å². The van der Waals surface area contributed by atoms with E-state index in [0.717, 1.165) is 25.1 Å². The van der Waals surface area contributed by atoms with Crippen LogP contribution in [-0.2, 0) is 4.74 Å². The smallest absolute Gasteiger partial charge is 0.130 e. The first-order valence-corrected chi connectivity index (χ1v) is 6.05. The van der Waals surface area contributed by atoms with Crippen molar-refractivity contribution in [3.8, 4) is 6.07 Å². The topological polar surface area (TPSA) is 45.0 Å². The maximum Gasteiger partial charge on any atom is 0.130 e. The fourth-order valence-corrected chi connectivity index (χ4v) is 2.29. The Hall–Kier alpha value is -1.53. The second-order valence-corrected chi connectivity index (χ2v) is 4.67. The molecule has 90 valence electrons. The summed E-state index contributed by atoms with van der Waals surface area (Å²) in [5, 5.41) is 12.6. The molecule has 0 aliphatic heterocycles. The predicted octanol–water partition coefficient (Wildman–Crippen LogP) is 2.87. The first kappa shape index (κ1) is 11.9. The molecule has 0 radical (unpaired) electrons. The summed E-state index contributed by atoms with van der Waals surface area (Å²) in [6.45, 7) is 4.75. The molecule has 0 spiro atoms. The first-order valence-electron chi connectivity index (χ1n) is 6.05. The Morgan fingerprint density at radius 3 is 2.88 bits per heavy atom. The molecule has 1 aliphatic carbocycles. The molecule has 1 saturated carbocycles. The van der Waals surface area contributed by atoms with E-state index in [-0.39, 0.29) is 6.10 Å². The summed E-state index contributed by atoms with van der Waals surface area (Å²) < 4.78 is 5.51. The van der Waals surface area contributed by atoms with Gasteiger partial charge in [0.1, 0.15) is 5.54 Å². The van der Waals surface area contributed by atoms with Crippen LogP contribution >= 0.6 is 0 Å². The minimum atomic E-state index is -0.437. The van der Waals surface area contributed by atoms with E-state index < -0.39 is 5.54 Å². The summed E-state index contributed by atoms with van der Waals surface area (Å²) in [6.07, 6.45) is 1.77. The second kappa shape index (κ2) is 4.77. The van der Waals surface area contributed by atoms with Gasteiger partial charge in [0.05, 0.1) is 12.2 Å². The Morgan fingerprint density at radius 2 is 2.29 bits per heavy atom. The number of aryl methyl sites for hydroxylation is 1. The van der Waals surface area contributed by atoms with Crippen LogP contribution in [-0.4, -0.2) is 18.2 Å². The van der Waals surface area contributed by atoms with Gasteiger partial charge in [-0.05, 0) is 31.5 Å². The molecule has 1 aromatic carbocycles. The Bertz CT molecular complexity index is 430. The SMILES string of the molecule is CCOC1CC(C#N)(Nc2cccc(C)c2)C1. The zero-order valence-electron chi connectivity index (χ0n) is 10.4. The highest BCUT2D eigenvalue weighted by Crippen LogP contribution is 2.37. The Kier molecular flexibility index (Phi) is 3.35. The summed E-state index contributed by atoms with van der Waals surface area (Å²) in [6, 6.07) is 10.5. The lowest BCUT2D eigenvalue weighted by molar-refractivity contribution is -0.0141. The number of anilines is 1. The van der Waals surface area contributed by atoms with Crippen LogP contribution in [0.2, 0.25) is 0 Å². The highest BCUT2D eigenvalue weighted by Gasteiger charge is 2.45. The second-order valence-electron chi connectivity index (χ2n) is 4.67. The third-order valence-corrected chi connectivity index (χ3v) is 3.17. The highest BCUT2D eigenvalue weighted by molar-refractivity contribution is 5.50. The molecule has 0 aromatic heterocycles. The Balaban J connectivity index is 2.01. The molecule has 0 heterocycles. The monoisotopic (exact) mass is 230 g/mol. The highest BCUT2D eigenvalue weighted by atomic mass is 16.5. The van der Waals surface area contributed by atoms with Gasteiger partial charge >= 0.3 is 0 Å². The van der Waals surface area contributed by atoms with Crippen molar-refractivity contribution in [3.05, 3.63) is 29.8 Å². The van der Waals surface area contributed by atoms with Crippen molar-refractivity contribution in [2.75, 3.05) is 11.9 Å². The third-order valence-electron chi connectivity index (χ3n) is 3.17. The van der Waals surface area contributed by atoms with E-state index in [0.29, 0.717) is 0 Å². The van der Waals surface area contributed by atoms with E-state index in [1.165, 1.54) is 5.56 Å². The summed E-state index contributed by atoms with van der Waals surface area (Å²) in [5.41, 5.74) is 1.78. The Labute approximate surface area is 102 Å². The summed E-state index contributed by atoms with van der Waals surface area (Å²) in [7, 11) is 0. The van der Waals surface area contributed by atoms with Gasteiger partial charge in [-0.1, -0.05) is 12.1 Å². The van der Waals surface area contributed by atoms with E-state index in [4.69, 9.17) is 4.74 Å². The van der Waals surface area contributed by atoms with Gasteiger partial charge in [-0.3, -0.25) is 0 Å². The molecule has 2 rings (SSSR count). The van der Waals surface area contributed by atoms with Crippen LogP contribution in [0.25, 0.3) is 0 Å². The lowest BCUT2D eigenvalue weighted by Crippen LogP contribution is -2.53. The van der Waals surface area contributed by atoms with E-state index >= 15 is 0 Å². The summed E-state index contributed by atoms with van der Waals surface area (Å²) >= 11 is 0. The molecule has 0 bridgehead atoms. The largest absolute Gasteiger partial charge is 0.378 e. The van der Waals surface area contributed by atoms with Crippen molar-refractivity contribution in [1.82, 2.24) is 0 Å². The molecule has 1 aromatic rings. The molecule has 3 heteroatoms. The van der Waals surface area contributed by atoms with Crippen LogP contribution in [0.5, 0.6) is 0 Å². The fraction of sp³-hybridized carbons (Fsp3) is 0.500. The maximum atomic E-state index is 9.29. The molecule has 0 saturated heterocycles. The first-order chi connectivity index (χ1) is 8.17. The molecule has 1 fully saturated rings. The van der Waals surface area contributed by atoms with Gasteiger partial charge in [-0.2, -0.15) is 5.26 Å². The minimum absolute atomic E-state index is 0.233. The quantitative estimate of drug-likeness (QED) is 0.865. The molecule has 17 heavy (non-hydrogen) atoms. The van der Waals surface area contributed by atoms with Crippen molar-refractivity contribution in [1.29, 1.82) is 5.26 Å². The zero-order valence-corrected chi connectivity index (χ0v) is 10.4. The number of hydrogen-bond acceptors (Lipinski definition) is 3. The van der Waals surface area contributed by atoms with Crippen LogP contribution in [0.3, 0.4) is 0 Å². The number of rotatable bonds is 4. The van der Waals surface area contributed by atoms with Gasteiger partial charge in [-0.15, -0.1) is 0 Å². The van der Waals surface area contributed by atoms with Gasteiger partial charge in [0.15, 0.2) is 0 Å². The molecule has 3 nitrogen and oxygen atoms in total. The van der Waals surface area contributed by atoms with Crippen molar-refractivity contribution in [2.24, 2.45) is 0 Å². The standard InChI is InChI=1S/C14H18N2O/c1-3-17-13-8-14(9-13,10-15)16-12-6-4-5-11(2)7-12/h4-7,13,16H,3,8-9H2,1-2H3. The minimum Gasteiger partial charge on any atom is -0.378 e. The van der Waals surface area contributed by atoms with Crippen LogP contribution in [0, 0.1) is 18.3 Å². The van der Waals surface area contributed by atoms with Gasteiger partial charge in [-0.25, -0.2) is 0 Å². The Morgan fingerprint density at radius 1 is 1.53 bits per heavy atom. The van der Waals surface area contributed by atoms with Crippen LogP contribution in [0.15, 0.2) is 24.3 Å². The molecule has 0 amide bonds. The molecule has 0 atom stereocenters. The fourth-order valence-electron chi connectivity index (χ4n) is 2.29. The third kappa shape index (κ3) is 2.59. The van der Waals surface area contributed by atoms with Gasteiger partial charge in [0, 0.05) is 25.1 Å². The van der Waals surface area contributed by atoms with E-state index in [1.807, 2.05) is 32.0 Å². The lowest BCUT2D eigenvalue weighted by Gasteiger charge is -2.43. The van der Waals surface area contributed by atoms with Crippen LogP contribution in [0.1, 0.15) is 25.3 Å². The number of nitrogens with zero attached hydrogens (tertiary/aromatic N) is 1. The summed E-state index contributed by atoms with van der Waals surface area (Å²) in [5.74, 6) is 0. The van der Waals surface area contributed by atoms with Crippen molar-refractivity contribution >= 4 is 5.69 Å². The number of hydrogen-bond donors (Lipinski definition) is 1. The number of nitrogens with one attached hydrogen (secondary N) is 1. The molecular weight excluding hydrogens is 212 g/mol. The summed E-state index contributed by atoms with van der Waals surface area (Å²) in [4.78, 5) is 0. The van der Waals surface area contributed by atoms with Crippen LogP contribution in [0.4, 0.5) is 5.69 Å². The predicted molar refractivity (Wildman–Crippen MR) is 67.8 cm³/mol. The molecular formula is C14H18N2O. The lowest BCUT2D eigenvalue weighted by atomic mass is 9.75. The number of benzene rings is 1. The maximum absolute atomic E-state index is 9.29. The zero-order chi connectivity index (χ0) is 12.3. The van der Waals surface area contributed by atoms with E-state index in [1.54, 1.807) is 0 Å². The van der Waals surface area contributed by atoms with Crippen LogP contribution < -0.4 is 5.32 Å². The van der Waals surface area contributed by atoms with Gasteiger partial charge in [0.25, 0.3) is 0 Å². The van der Waals surface area contributed by atoms with Gasteiger partial charge in [0.2, 0.25) is 0 Å². The average Bonchev–Trinajstić information content (AvgIpc) is 2.26. The normalized spacial score (nSPS) is 27.0. The van der Waals surface area contributed by atoms with Gasteiger partial charge < -0.3 is 10.1 Å². The molecule has 1 N–H and O–H groups in total. The molecule has 0 unspecified atom stereocenters. The van der Waals surface area contributed by atoms with E-state index in [9.17, 15) is 5.26 Å². The molecule has 1 aliphatic rings. The van der Waals surface area contributed by atoms with Crippen molar-refractivity contribution in [3.63, 3.8) is 0 Å². The number of nitriles is 1. The number of ether oxygens (including phenoxy) is 1. The van der Waals surface area contributed by atoms with E-state index in [2.05, 4.69) is 17.5 Å². The average molecular weight is 230 g/mol. The van der Waals surface area contributed by atoms with Crippen molar-refractivity contribution < 1.29 is 4.74 Å².